The third-order valence-electron chi connectivity index (χ3n) is 16.4. The number of aromatic nitrogens is 2. The van der Waals surface area contributed by atoms with E-state index in [1.807, 2.05) is 56.0 Å². The Morgan fingerprint density at radius 2 is 0.937 bits per heavy atom. The number of benzene rings is 4. The Morgan fingerprint density at radius 3 is 1.34 bits per heavy atom. The molecule has 6 aromatic rings. The largest absolute Gasteiger partial charge is 0.497 e. The fraction of sp³-hybridized carbons (Fsp3) is 0.557. The van der Waals surface area contributed by atoms with Gasteiger partial charge in [-0.15, -0.1) is 22.7 Å². The van der Waals surface area contributed by atoms with E-state index < -0.39 is 5.60 Å². The van der Waals surface area contributed by atoms with Crippen molar-refractivity contribution in [2.24, 2.45) is 0 Å². The summed E-state index contributed by atoms with van der Waals surface area (Å²) in [5, 5.41) is 5.52. The molecule has 1 amide bonds. The van der Waals surface area contributed by atoms with E-state index in [1.54, 1.807) is 36.9 Å². The zero-order chi connectivity index (χ0) is 54.3. The summed E-state index contributed by atoms with van der Waals surface area (Å²) in [6.45, 7) is 26.7. The zero-order valence-electron chi connectivity index (χ0n) is 47.2. The van der Waals surface area contributed by atoms with Crippen LogP contribution in [0, 0.1) is 0 Å². The molecule has 2 aromatic heterocycles. The number of nitrogens with one attached hydrogen (secondary N) is 1. The molecule has 8 heterocycles. The summed E-state index contributed by atoms with van der Waals surface area (Å²) >= 11 is 3.41. The molecule has 0 bridgehead atoms. The molecule has 4 aromatic carbocycles. The van der Waals surface area contributed by atoms with E-state index in [0.717, 1.165) is 158 Å². The molecule has 6 saturated heterocycles. The number of hydrogen-bond donors (Lipinski definition) is 1. The molecular formula is C61H82N10O6S2. The summed E-state index contributed by atoms with van der Waals surface area (Å²) in [4.78, 5) is 38.8. The number of anilines is 2. The molecule has 79 heavy (non-hydrogen) atoms. The number of carbonyl (C=O) groups is 1. The number of thiazole rings is 2. The van der Waals surface area contributed by atoms with E-state index in [9.17, 15) is 4.79 Å². The molecule has 0 saturated carbocycles. The number of amides is 1. The Balaban J connectivity index is 0.000000170. The minimum Gasteiger partial charge on any atom is -0.497 e. The third kappa shape index (κ3) is 14.7. The van der Waals surface area contributed by atoms with Gasteiger partial charge >= 0.3 is 6.09 Å². The average Bonchev–Trinajstić information content (AvgIpc) is 4.10. The van der Waals surface area contributed by atoms with Gasteiger partial charge in [0.2, 0.25) is 0 Å². The van der Waals surface area contributed by atoms with Gasteiger partial charge in [0.1, 0.15) is 27.1 Å². The summed E-state index contributed by atoms with van der Waals surface area (Å²) in [5.74, 6) is 1.74. The first kappa shape index (κ1) is 55.7. The van der Waals surface area contributed by atoms with E-state index in [1.165, 1.54) is 63.5 Å². The van der Waals surface area contributed by atoms with Crippen LogP contribution >= 0.6 is 22.7 Å². The second-order valence-electron chi connectivity index (χ2n) is 23.1. The Morgan fingerprint density at radius 1 is 0.532 bits per heavy atom. The Kier molecular flexibility index (Phi) is 18.2. The summed E-state index contributed by atoms with van der Waals surface area (Å²) < 4.78 is 31.5. The number of piperazine rings is 2. The quantitative estimate of drug-likeness (QED) is 0.0993. The Hall–Kier alpha value is -5.15. The molecule has 6 aliphatic heterocycles. The van der Waals surface area contributed by atoms with Gasteiger partial charge in [0.05, 0.1) is 59.1 Å². The summed E-state index contributed by atoms with van der Waals surface area (Å²) in [6, 6.07) is 29.7. The van der Waals surface area contributed by atoms with Crippen molar-refractivity contribution < 1.29 is 28.5 Å². The second-order valence-corrected chi connectivity index (χ2v) is 25.2. The van der Waals surface area contributed by atoms with Crippen LogP contribution in [0.3, 0.4) is 0 Å². The van der Waals surface area contributed by atoms with Crippen LogP contribution in [-0.2, 0) is 14.2 Å². The first-order chi connectivity index (χ1) is 38.4. The number of likely N-dealkylation sites (tertiary alicyclic amines) is 2. The van der Waals surface area contributed by atoms with E-state index in [2.05, 4.69) is 89.3 Å². The average molecular weight is 1120 g/mol. The van der Waals surface area contributed by atoms with Gasteiger partial charge in [0.25, 0.3) is 0 Å². The van der Waals surface area contributed by atoms with Gasteiger partial charge in [0, 0.05) is 153 Å². The minimum absolute atomic E-state index is 0.191. The predicted octanol–water partition coefficient (Wildman–Crippen LogP) is 8.74. The lowest BCUT2D eigenvalue weighted by Gasteiger charge is -2.43. The maximum Gasteiger partial charge on any atom is 0.410 e. The van der Waals surface area contributed by atoms with Crippen LogP contribution in [0.5, 0.6) is 11.5 Å². The van der Waals surface area contributed by atoms with Crippen LogP contribution in [0.15, 0.2) is 84.9 Å². The molecular weight excluding hydrogens is 1030 g/mol. The van der Waals surface area contributed by atoms with Crippen molar-refractivity contribution in [3.05, 3.63) is 84.9 Å². The van der Waals surface area contributed by atoms with Gasteiger partial charge in [-0.25, -0.2) is 14.8 Å². The van der Waals surface area contributed by atoms with Gasteiger partial charge in [-0.2, -0.15) is 0 Å². The third-order valence-corrected chi connectivity index (χ3v) is 18.5. The van der Waals surface area contributed by atoms with E-state index in [4.69, 9.17) is 33.7 Å². The highest BCUT2D eigenvalue weighted by Crippen LogP contribution is 2.36. The lowest BCUT2D eigenvalue weighted by Crippen LogP contribution is -2.54. The lowest BCUT2D eigenvalue weighted by atomic mass is 10.1. The predicted molar refractivity (Wildman–Crippen MR) is 320 cm³/mol. The van der Waals surface area contributed by atoms with Gasteiger partial charge < -0.3 is 53.5 Å². The maximum atomic E-state index is 12.3. The van der Waals surface area contributed by atoms with Gasteiger partial charge in [-0.05, 0) is 131 Å². The molecule has 0 atom stereocenters. The zero-order valence-corrected chi connectivity index (χ0v) is 48.8. The lowest BCUT2D eigenvalue weighted by molar-refractivity contribution is -0.0535. The molecule has 0 spiro atoms. The molecule has 12 rings (SSSR count). The monoisotopic (exact) mass is 1110 g/mol. The van der Waals surface area contributed by atoms with Crippen LogP contribution in [0.25, 0.3) is 41.6 Å². The molecule has 0 unspecified atom stereocenters. The Labute approximate surface area is 475 Å². The van der Waals surface area contributed by atoms with Crippen LogP contribution < -0.4 is 24.6 Å². The molecule has 6 aliphatic rings. The Bertz CT molecular complexity index is 2890. The SMILES string of the molecule is COc1ccc2nc(-c3ccc(N4CC(OC5CCN(CCN6CCN(C(=O)OC(C)(C)C)CC6)CC5)C4)cc3)sc2c1.COc1ccc2nc(-c3ccc(N4CC(OC5CCN(CCN6CCNCC6)CC5)C4)cc3)sc2c1. The van der Waals surface area contributed by atoms with Crippen molar-refractivity contribution in [2.45, 2.75) is 76.5 Å². The normalized spacial score (nSPS) is 20.0. The van der Waals surface area contributed by atoms with E-state index in [0.29, 0.717) is 24.4 Å². The van der Waals surface area contributed by atoms with Gasteiger partial charge in [0.15, 0.2) is 0 Å². The summed E-state index contributed by atoms with van der Waals surface area (Å²) in [7, 11) is 3.39. The van der Waals surface area contributed by atoms with Crippen LogP contribution in [0.4, 0.5) is 16.2 Å². The highest BCUT2D eigenvalue weighted by Gasteiger charge is 2.34. The number of piperidine rings is 2. The number of hydrogen-bond acceptors (Lipinski definition) is 17. The van der Waals surface area contributed by atoms with Crippen LogP contribution in [-0.4, -0.2) is 216 Å². The number of carbonyl (C=O) groups excluding carboxylic acids is 1. The fourth-order valence-electron chi connectivity index (χ4n) is 11.5. The number of nitrogens with zero attached hydrogens (tertiary/aromatic N) is 9. The smallest absolute Gasteiger partial charge is 0.410 e. The minimum atomic E-state index is -0.441. The molecule has 18 heteroatoms. The fourth-order valence-corrected chi connectivity index (χ4v) is 13.5. The van der Waals surface area contributed by atoms with Gasteiger partial charge in [-0.1, -0.05) is 0 Å². The molecule has 16 nitrogen and oxygen atoms in total. The molecule has 0 radical (unpaired) electrons. The number of rotatable bonds is 16. The highest BCUT2D eigenvalue weighted by atomic mass is 32.1. The maximum absolute atomic E-state index is 12.3. The molecule has 6 fully saturated rings. The molecule has 424 valence electrons. The van der Waals surface area contributed by atoms with Crippen molar-refractivity contribution in [1.29, 1.82) is 0 Å². The van der Waals surface area contributed by atoms with Gasteiger partial charge in [-0.3, -0.25) is 9.80 Å². The van der Waals surface area contributed by atoms with E-state index >= 15 is 0 Å². The molecule has 0 aliphatic carbocycles. The van der Waals surface area contributed by atoms with Crippen LogP contribution in [0.1, 0.15) is 46.5 Å². The number of fused-ring (bicyclic) bond motifs is 2. The first-order valence-electron chi connectivity index (χ1n) is 28.9. The van der Waals surface area contributed by atoms with Crippen molar-refractivity contribution in [3.8, 4) is 32.6 Å². The highest BCUT2D eigenvalue weighted by molar-refractivity contribution is 7.22. The first-order valence-corrected chi connectivity index (χ1v) is 30.6. The van der Waals surface area contributed by atoms with E-state index in [-0.39, 0.29) is 6.09 Å². The van der Waals surface area contributed by atoms with Crippen molar-refractivity contribution in [2.75, 3.05) is 155 Å². The number of ether oxygens (including phenoxy) is 5. The summed E-state index contributed by atoms with van der Waals surface area (Å²) in [5.41, 5.74) is 6.41. The standard InChI is InChI=1S/C33H45N5O4S.C28H37N5O2S/c1-33(2,3)42-32(39)37-19-17-36(18-20-37)16-15-35-13-11-26(12-14-35)41-28-22-38(23-28)25-7-5-24(6-8-25)31-34-29-10-9-27(40-4)21-30(29)43-31;1-34-24-6-7-26-27(18-24)36-28(30-26)21-2-4-22(5-3-21)33-19-25(20-33)35-23-8-12-31(13-9-23)16-17-32-14-10-29-11-15-32/h5-10,21,26,28H,11-20,22-23H2,1-4H3;2-7,18,23,25,29H,8-17,19-20H2,1H3. The van der Waals surface area contributed by atoms with Crippen molar-refractivity contribution >= 4 is 60.6 Å². The topological polar surface area (TPSA) is 124 Å². The van der Waals surface area contributed by atoms with Crippen molar-refractivity contribution in [3.63, 3.8) is 0 Å². The van der Waals surface area contributed by atoms with Crippen molar-refractivity contribution in [1.82, 2.24) is 39.8 Å². The summed E-state index contributed by atoms with van der Waals surface area (Å²) in [6.07, 6.45) is 5.81. The number of methoxy groups -OCH3 is 2. The second kappa shape index (κ2) is 25.8. The van der Waals surface area contributed by atoms with Crippen LogP contribution in [0.2, 0.25) is 0 Å². The molecule has 1 N–H and O–H groups in total.